The van der Waals surface area contributed by atoms with Crippen LogP contribution in [0.4, 0.5) is 4.79 Å². The van der Waals surface area contributed by atoms with Crippen molar-refractivity contribution in [2.75, 3.05) is 13.6 Å². The number of nitrogens with one attached hydrogen (secondary N) is 1. The first kappa shape index (κ1) is 12.3. The molecule has 0 radical (unpaired) electrons. The van der Waals surface area contributed by atoms with Gasteiger partial charge in [0.1, 0.15) is 0 Å². The maximum atomic E-state index is 11.7. The summed E-state index contributed by atoms with van der Waals surface area (Å²) in [5.74, 6) is 0. The van der Waals surface area contributed by atoms with Gasteiger partial charge in [0.05, 0.1) is 0 Å². The average Bonchev–Trinajstić information content (AvgIpc) is 2.22. The van der Waals surface area contributed by atoms with Crippen LogP contribution in [0, 0.1) is 0 Å². The summed E-state index contributed by atoms with van der Waals surface area (Å²) in [6.07, 6.45) is 3.60. The Bertz CT molecular complexity index is 210. The molecule has 0 spiro atoms. The van der Waals surface area contributed by atoms with Gasteiger partial charge in [-0.2, -0.15) is 0 Å². The molecule has 0 aromatic heterocycles. The Morgan fingerprint density at radius 2 is 1.93 bits per heavy atom. The molecular formula is C11H23N3O. The zero-order valence-corrected chi connectivity index (χ0v) is 10.3. The molecule has 1 saturated heterocycles. The number of urea groups is 1. The van der Waals surface area contributed by atoms with E-state index in [9.17, 15) is 4.79 Å². The van der Waals surface area contributed by atoms with Gasteiger partial charge in [-0.1, -0.05) is 6.42 Å². The Balaban J connectivity index is 2.51. The van der Waals surface area contributed by atoms with Crippen LogP contribution in [-0.4, -0.2) is 41.6 Å². The zero-order valence-electron chi connectivity index (χ0n) is 10.3. The predicted octanol–water partition coefficient (Wildman–Crippen LogP) is 1.83. The van der Waals surface area contributed by atoms with E-state index in [0.29, 0.717) is 12.1 Å². The van der Waals surface area contributed by atoms with Gasteiger partial charge in [-0.15, -0.1) is 0 Å². The lowest BCUT2D eigenvalue weighted by molar-refractivity contribution is 0.0525. The Hall–Kier alpha value is -0.770. The molecular weight excluding hydrogens is 190 g/mol. The van der Waals surface area contributed by atoms with Gasteiger partial charge in [0.15, 0.2) is 0 Å². The van der Waals surface area contributed by atoms with Crippen LogP contribution in [0.1, 0.15) is 40.0 Å². The molecule has 1 heterocycles. The van der Waals surface area contributed by atoms with Crippen molar-refractivity contribution in [3.8, 4) is 0 Å². The summed E-state index contributed by atoms with van der Waals surface area (Å²) in [4.78, 5) is 13.4. The van der Waals surface area contributed by atoms with Crippen LogP contribution >= 0.6 is 0 Å². The van der Waals surface area contributed by atoms with Crippen LogP contribution in [0.5, 0.6) is 0 Å². The molecule has 0 aromatic carbocycles. The largest absolute Gasteiger partial charge is 0.331 e. The van der Waals surface area contributed by atoms with E-state index in [0.717, 1.165) is 6.54 Å². The monoisotopic (exact) mass is 213 g/mol. The second kappa shape index (κ2) is 5.35. The lowest BCUT2D eigenvalue weighted by Gasteiger charge is -2.39. The van der Waals surface area contributed by atoms with E-state index >= 15 is 0 Å². The van der Waals surface area contributed by atoms with Gasteiger partial charge in [0.25, 0.3) is 0 Å². The van der Waals surface area contributed by atoms with Gasteiger partial charge < -0.3 is 4.90 Å². The molecule has 1 aliphatic rings. The highest BCUT2D eigenvalue weighted by atomic mass is 16.2. The summed E-state index contributed by atoms with van der Waals surface area (Å²) in [5.41, 5.74) is 2.99. The molecule has 1 N–H and O–H groups in total. The highest BCUT2D eigenvalue weighted by Crippen LogP contribution is 2.20. The van der Waals surface area contributed by atoms with Gasteiger partial charge in [-0.25, -0.2) is 9.80 Å². The number of nitrogens with zero attached hydrogens (tertiary/aromatic N) is 2. The summed E-state index contributed by atoms with van der Waals surface area (Å²) in [6, 6.07) is 0.893. The van der Waals surface area contributed by atoms with Crippen LogP contribution in [0.2, 0.25) is 0 Å². The standard InChI is InChI=1S/C11H23N3O/c1-5-13(4)11(15)12-14-9(2)7-6-8-10(14)3/h9-10H,5-8H2,1-4H3,(H,12,15). The molecule has 88 valence electrons. The smallest absolute Gasteiger partial charge is 0.327 e. The number of piperidine rings is 1. The molecule has 2 atom stereocenters. The van der Waals surface area contributed by atoms with Gasteiger partial charge in [0, 0.05) is 25.7 Å². The first-order chi connectivity index (χ1) is 7.06. The van der Waals surface area contributed by atoms with E-state index in [1.165, 1.54) is 19.3 Å². The van der Waals surface area contributed by atoms with E-state index in [2.05, 4.69) is 24.3 Å². The molecule has 2 unspecified atom stereocenters. The van der Waals surface area contributed by atoms with Crippen LogP contribution in [0.3, 0.4) is 0 Å². The molecule has 1 aliphatic heterocycles. The second-order valence-electron chi connectivity index (χ2n) is 4.47. The quantitative estimate of drug-likeness (QED) is 0.759. The molecule has 0 aromatic rings. The summed E-state index contributed by atoms with van der Waals surface area (Å²) >= 11 is 0. The number of carbonyl (C=O) groups excluding carboxylic acids is 1. The van der Waals surface area contributed by atoms with Crippen molar-refractivity contribution in [1.82, 2.24) is 15.3 Å². The Labute approximate surface area is 92.6 Å². The summed E-state index contributed by atoms with van der Waals surface area (Å²) in [5, 5.41) is 2.10. The Morgan fingerprint density at radius 1 is 1.40 bits per heavy atom. The van der Waals surface area contributed by atoms with Gasteiger partial charge in [-0.3, -0.25) is 5.43 Å². The van der Waals surface area contributed by atoms with E-state index < -0.39 is 0 Å². The van der Waals surface area contributed by atoms with Crippen LogP contribution in [0.15, 0.2) is 0 Å². The van der Waals surface area contributed by atoms with Gasteiger partial charge >= 0.3 is 6.03 Å². The lowest BCUT2D eigenvalue weighted by atomic mass is 10.00. The van der Waals surface area contributed by atoms with Crippen molar-refractivity contribution in [1.29, 1.82) is 0 Å². The number of hydrogen-bond acceptors (Lipinski definition) is 2. The maximum absolute atomic E-state index is 11.7. The van der Waals surface area contributed by atoms with Crippen molar-refractivity contribution in [2.24, 2.45) is 0 Å². The number of carbonyl (C=O) groups is 1. The minimum Gasteiger partial charge on any atom is -0.327 e. The maximum Gasteiger partial charge on any atom is 0.331 e. The third-order valence-electron chi connectivity index (χ3n) is 3.24. The summed E-state index contributed by atoms with van der Waals surface area (Å²) in [6.45, 7) is 7.05. The first-order valence-electron chi connectivity index (χ1n) is 5.86. The first-order valence-corrected chi connectivity index (χ1v) is 5.86. The minimum atomic E-state index is -0.00176. The highest BCUT2D eigenvalue weighted by molar-refractivity contribution is 5.73. The van der Waals surface area contributed by atoms with E-state index in [-0.39, 0.29) is 6.03 Å². The summed E-state index contributed by atoms with van der Waals surface area (Å²) in [7, 11) is 1.81. The van der Waals surface area contributed by atoms with Crippen LogP contribution in [-0.2, 0) is 0 Å². The fraction of sp³-hybridized carbons (Fsp3) is 0.909. The van der Waals surface area contributed by atoms with Crippen molar-refractivity contribution >= 4 is 6.03 Å². The molecule has 0 aliphatic carbocycles. The van der Waals surface area contributed by atoms with Crippen LogP contribution in [0.25, 0.3) is 0 Å². The third-order valence-corrected chi connectivity index (χ3v) is 3.24. The number of hydrazine groups is 1. The number of rotatable bonds is 2. The lowest BCUT2D eigenvalue weighted by Crippen LogP contribution is -2.56. The zero-order chi connectivity index (χ0) is 11.4. The molecule has 1 fully saturated rings. The third kappa shape index (κ3) is 3.09. The minimum absolute atomic E-state index is 0.00176. The topological polar surface area (TPSA) is 35.6 Å². The molecule has 4 heteroatoms. The van der Waals surface area contributed by atoms with Crippen molar-refractivity contribution in [2.45, 2.75) is 52.1 Å². The SMILES string of the molecule is CCN(C)C(=O)NN1C(C)CCCC1C. The van der Waals surface area contributed by atoms with Crippen molar-refractivity contribution < 1.29 is 4.79 Å². The normalized spacial score (nSPS) is 27.5. The Kier molecular flexibility index (Phi) is 4.39. The fourth-order valence-corrected chi connectivity index (χ4v) is 1.98. The van der Waals surface area contributed by atoms with Crippen LogP contribution < -0.4 is 5.43 Å². The molecule has 4 nitrogen and oxygen atoms in total. The molecule has 1 rings (SSSR count). The van der Waals surface area contributed by atoms with E-state index in [1.54, 1.807) is 4.90 Å². The van der Waals surface area contributed by atoms with Gasteiger partial charge in [0.2, 0.25) is 0 Å². The molecule has 2 amide bonds. The molecule has 15 heavy (non-hydrogen) atoms. The molecule has 0 saturated carbocycles. The van der Waals surface area contributed by atoms with E-state index in [1.807, 2.05) is 14.0 Å². The van der Waals surface area contributed by atoms with Crippen molar-refractivity contribution in [3.05, 3.63) is 0 Å². The van der Waals surface area contributed by atoms with Gasteiger partial charge in [-0.05, 0) is 33.6 Å². The summed E-state index contributed by atoms with van der Waals surface area (Å²) < 4.78 is 0. The fourth-order valence-electron chi connectivity index (χ4n) is 1.98. The van der Waals surface area contributed by atoms with Crippen molar-refractivity contribution in [3.63, 3.8) is 0 Å². The Morgan fingerprint density at radius 3 is 2.40 bits per heavy atom. The predicted molar refractivity (Wildman–Crippen MR) is 61.4 cm³/mol. The van der Waals surface area contributed by atoms with E-state index in [4.69, 9.17) is 0 Å². The average molecular weight is 213 g/mol. The second-order valence-corrected chi connectivity index (χ2v) is 4.47. The number of amides is 2. The number of hydrogen-bond donors (Lipinski definition) is 1. The highest BCUT2D eigenvalue weighted by Gasteiger charge is 2.26. The molecule has 0 bridgehead atoms.